The van der Waals surface area contributed by atoms with Crippen LogP contribution in [0.1, 0.15) is 39.1 Å². The Labute approximate surface area is 112 Å². The van der Waals surface area contributed by atoms with Crippen molar-refractivity contribution in [3.63, 3.8) is 0 Å². The minimum atomic E-state index is -0.493. The van der Waals surface area contributed by atoms with Crippen molar-refractivity contribution in [2.45, 2.75) is 46.6 Å². The Morgan fingerprint density at radius 1 is 1.39 bits per heavy atom. The Morgan fingerprint density at radius 3 is 2.61 bits per heavy atom. The Bertz CT molecular complexity index is 391. The Hall–Kier alpha value is -1.01. The maximum atomic E-state index is 11.8. The summed E-state index contributed by atoms with van der Waals surface area (Å²) in [5.41, 5.74) is 5.85. The maximum Gasteiger partial charge on any atom is 0.243 e. The molecule has 102 valence electrons. The van der Waals surface area contributed by atoms with Gasteiger partial charge in [-0.15, -0.1) is 10.2 Å². The highest BCUT2D eigenvalue weighted by molar-refractivity contribution is 7.15. The molecule has 3 N–H and O–H groups in total. The number of anilines is 1. The number of nitrogens with two attached hydrogens (primary N) is 1. The second-order valence-corrected chi connectivity index (χ2v) is 6.06. The van der Waals surface area contributed by atoms with Gasteiger partial charge in [-0.25, -0.2) is 0 Å². The molecule has 2 unspecified atom stereocenters. The van der Waals surface area contributed by atoms with Gasteiger partial charge in [-0.2, -0.15) is 0 Å². The van der Waals surface area contributed by atoms with E-state index in [1.165, 1.54) is 11.3 Å². The van der Waals surface area contributed by atoms with Crippen LogP contribution in [0.15, 0.2) is 0 Å². The van der Waals surface area contributed by atoms with Crippen molar-refractivity contribution < 1.29 is 4.79 Å². The lowest BCUT2D eigenvalue weighted by molar-refractivity contribution is -0.118. The molecule has 1 amide bonds. The molecule has 0 aliphatic heterocycles. The van der Waals surface area contributed by atoms with Crippen LogP contribution in [0.3, 0.4) is 0 Å². The number of hydrogen-bond acceptors (Lipinski definition) is 5. The lowest BCUT2D eigenvalue weighted by Gasteiger charge is -2.16. The number of nitrogens with one attached hydrogen (secondary N) is 1. The average molecular weight is 270 g/mol. The third-order valence-electron chi connectivity index (χ3n) is 2.84. The fourth-order valence-electron chi connectivity index (χ4n) is 1.44. The number of amides is 1. The number of aromatic nitrogens is 2. The van der Waals surface area contributed by atoms with Gasteiger partial charge in [-0.1, -0.05) is 45.5 Å². The van der Waals surface area contributed by atoms with Gasteiger partial charge >= 0.3 is 0 Å². The summed E-state index contributed by atoms with van der Waals surface area (Å²) in [5, 5.41) is 12.2. The molecule has 0 bridgehead atoms. The second kappa shape index (κ2) is 6.80. The zero-order valence-corrected chi connectivity index (χ0v) is 12.3. The first-order chi connectivity index (χ1) is 8.43. The maximum absolute atomic E-state index is 11.8. The summed E-state index contributed by atoms with van der Waals surface area (Å²) in [6, 6.07) is -0.493. The van der Waals surface area contributed by atoms with Crippen LogP contribution in [0.5, 0.6) is 0 Å². The van der Waals surface area contributed by atoms with Gasteiger partial charge in [-0.3, -0.25) is 10.1 Å². The smallest absolute Gasteiger partial charge is 0.243 e. The molecule has 0 aromatic carbocycles. The fourth-order valence-corrected chi connectivity index (χ4v) is 2.39. The van der Waals surface area contributed by atoms with Gasteiger partial charge in [0.15, 0.2) is 0 Å². The molecule has 0 spiro atoms. The Morgan fingerprint density at radius 2 is 2.06 bits per heavy atom. The predicted molar refractivity (Wildman–Crippen MR) is 74.5 cm³/mol. The van der Waals surface area contributed by atoms with Gasteiger partial charge in [0.25, 0.3) is 0 Å². The molecule has 1 aromatic heterocycles. The van der Waals surface area contributed by atoms with E-state index in [0.29, 0.717) is 11.0 Å². The van der Waals surface area contributed by atoms with Crippen LogP contribution >= 0.6 is 11.3 Å². The normalized spacial score (nSPS) is 14.6. The molecule has 0 aliphatic carbocycles. The van der Waals surface area contributed by atoms with Crippen molar-refractivity contribution >= 4 is 22.4 Å². The summed E-state index contributed by atoms with van der Waals surface area (Å²) in [4.78, 5) is 11.8. The van der Waals surface area contributed by atoms with E-state index in [4.69, 9.17) is 5.73 Å². The summed E-state index contributed by atoms with van der Waals surface area (Å²) in [5.74, 6) is 0.508. The third-order valence-corrected chi connectivity index (χ3v) is 3.70. The molecule has 6 heteroatoms. The number of carbonyl (C=O) groups excluding carboxylic acids is 1. The van der Waals surface area contributed by atoms with Crippen LogP contribution in [-0.4, -0.2) is 22.1 Å². The predicted octanol–water partition coefficient (Wildman–Crippen LogP) is 2.05. The minimum absolute atomic E-state index is 0.160. The fraction of sp³-hybridized carbons (Fsp3) is 0.750. The molecule has 0 saturated heterocycles. The van der Waals surface area contributed by atoms with Crippen LogP contribution < -0.4 is 11.1 Å². The number of nitrogens with zero attached hydrogens (tertiary/aromatic N) is 2. The summed E-state index contributed by atoms with van der Waals surface area (Å²) in [7, 11) is 0. The molecule has 0 saturated carbocycles. The summed E-state index contributed by atoms with van der Waals surface area (Å²) in [6.45, 7) is 8.23. The molecule has 1 aromatic rings. The summed E-state index contributed by atoms with van der Waals surface area (Å²) < 4.78 is 0. The molecule has 1 rings (SSSR count). The SMILES string of the molecule is CCC(C)C(N)C(=O)Nc1nnc(CC(C)C)s1. The average Bonchev–Trinajstić information content (AvgIpc) is 2.73. The van der Waals surface area contributed by atoms with E-state index < -0.39 is 6.04 Å². The first-order valence-corrected chi connectivity index (χ1v) is 7.14. The van der Waals surface area contributed by atoms with Gasteiger partial charge in [0, 0.05) is 6.42 Å². The quantitative estimate of drug-likeness (QED) is 0.829. The summed E-state index contributed by atoms with van der Waals surface area (Å²) in [6.07, 6.45) is 1.76. The molecule has 0 fully saturated rings. The lowest BCUT2D eigenvalue weighted by atomic mass is 10.00. The van der Waals surface area contributed by atoms with E-state index in [-0.39, 0.29) is 11.8 Å². The molecular formula is C12H22N4OS. The van der Waals surface area contributed by atoms with E-state index in [1.807, 2.05) is 13.8 Å². The van der Waals surface area contributed by atoms with E-state index in [2.05, 4.69) is 29.4 Å². The topological polar surface area (TPSA) is 80.9 Å². The lowest BCUT2D eigenvalue weighted by Crippen LogP contribution is -2.40. The number of rotatable bonds is 6. The minimum Gasteiger partial charge on any atom is -0.320 e. The molecule has 0 radical (unpaired) electrons. The van der Waals surface area contributed by atoms with E-state index >= 15 is 0 Å². The van der Waals surface area contributed by atoms with Crippen LogP contribution in [0.4, 0.5) is 5.13 Å². The highest BCUT2D eigenvalue weighted by atomic mass is 32.1. The first kappa shape index (κ1) is 15.0. The van der Waals surface area contributed by atoms with Gasteiger partial charge in [0.2, 0.25) is 11.0 Å². The van der Waals surface area contributed by atoms with Crippen molar-refractivity contribution in [3.8, 4) is 0 Å². The zero-order valence-electron chi connectivity index (χ0n) is 11.4. The third kappa shape index (κ3) is 4.34. The van der Waals surface area contributed by atoms with Crippen LogP contribution in [0, 0.1) is 11.8 Å². The number of hydrogen-bond donors (Lipinski definition) is 2. The largest absolute Gasteiger partial charge is 0.320 e. The van der Waals surface area contributed by atoms with Crippen LogP contribution in [0.2, 0.25) is 0 Å². The zero-order chi connectivity index (χ0) is 13.7. The second-order valence-electron chi connectivity index (χ2n) is 5.00. The Kier molecular flexibility index (Phi) is 5.68. The van der Waals surface area contributed by atoms with Crippen molar-refractivity contribution in [2.75, 3.05) is 5.32 Å². The van der Waals surface area contributed by atoms with Crippen molar-refractivity contribution in [1.82, 2.24) is 10.2 Å². The van der Waals surface area contributed by atoms with Crippen molar-refractivity contribution in [3.05, 3.63) is 5.01 Å². The first-order valence-electron chi connectivity index (χ1n) is 6.32. The molecule has 0 aliphatic rings. The van der Waals surface area contributed by atoms with Crippen LogP contribution in [0.25, 0.3) is 0 Å². The van der Waals surface area contributed by atoms with Crippen molar-refractivity contribution in [1.29, 1.82) is 0 Å². The highest BCUT2D eigenvalue weighted by Gasteiger charge is 2.20. The van der Waals surface area contributed by atoms with Gasteiger partial charge in [-0.05, 0) is 11.8 Å². The molecule has 1 heterocycles. The number of carbonyl (C=O) groups is 1. The van der Waals surface area contributed by atoms with Gasteiger partial charge in [0.1, 0.15) is 5.01 Å². The highest BCUT2D eigenvalue weighted by Crippen LogP contribution is 2.19. The summed E-state index contributed by atoms with van der Waals surface area (Å²) >= 11 is 1.42. The van der Waals surface area contributed by atoms with Gasteiger partial charge in [0.05, 0.1) is 6.04 Å². The molecular weight excluding hydrogens is 248 g/mol. The van der Waals surface area contributed by atoms with E-state index in [9.17, 15) is 4.79 Å². The molecule has 18 heavy (non-hydrogen) atoms. The van der Waals surface area contributed by atoms with E-state index in [0.717, 1.165) is 17.8 Å². The van der Waals surface area contributed by atoms with Crippen LogP contribution in [-0.2, 0) is 11.2 Å². The molecule has 2 atom stereocenters. The molecule has 5 nitrogen and oxygen atoms in total. The van der Waals surface area contributed by atoms with Crippen molar-refractivity contribution in [2.24, 2.45) is 17.6 Å². The van der Waals surface area contributed by atoms with E-state index in [1.54, 1.807) is 0 Å². The van der Waals surface area contributed by atoms with Gasteiger partial charge < -0.3 is 5.73 Å². The standard InChI is InChI=1S/C12H22N4OS/c1-5-8(4)10(13)11(17)14-12-16-15-9(18-12)6-7(2)3/h7-8,10H,5-6,13H2,1-4H3,(H,14,16,17). The Balaban J connectivity index is 2.57. The monoisotopic (exact) mass is 270 g/mol.